The first-order chi connectivity index (χ1) is 17.5. The molecule has 4 N–H and O–H groups in total. The van der Waals surface area contributed by atoms with E-state index in [2.05, 4.69) is 62.1 Å². The molecule has 0 aliphatic heterocycles. The normalized spacial score (nSPS) is 11.2. The van der Waals surface area contributed by atoms with Crippen LogP contribution in [0.25, 0.3) is 0 Å². The Morgan fingerprint density at radius 3 is 2.58 bits per heavy atom. The second-order valence-electron chi connectivity index (χ2n) is 8.03. The lowest BCUT2D eigenvalue weighted by molar-refractivity contribution is -0.191. The number of rotatable bonds is 13. The predicted molar refractivity (Wildman–Crippen MR) is 139 cm³/mol. The number of hydrogen-bond acceptors (Lipinski definition) is 11. The first kappa shape index (κ1) is 28.7. The Labute approximate surface area is 215 Å². The van der Waals surface area contributed by atoms with Crippen LogP contribution in [-0.4, -0.2) is 61.9 Å². The van der Waals surface area contributed by atoms with Gasteiger partial charge in [-0.2, -0.15) is 31.5 Å². The summed E-state index contributed by atoms with van der Waals surface area (Å²) in [4.78, 5) is 25.4. The zero-order chi connectivity index (χ0) is 26.3. The first-order valence-corrected chi connectivity index (χ1v) is 13.2. The van der Waals surface area contributed by atoms with Gasteiger partial charge in [0, 0.05) is 24.4 Å². The lowest BCUT2D eigenvalue weighted by Gasteiger charge is -2.22. The Morgan fingerprint density at radius 1 is 1.19 bits per heavy atom. The van der Waals surface area contributed by atoms with Crippen molar-refractivity contribution in [1.29, 1.82) is 0 Å². The van der Waals surface area contributed by atoms with E-state index in [0.29, 0.717) is 30.7 Å². The molecule has 0 radical (unpaired) electrons. The summed E-state index contributed by atoms with van der Waals surface area (Å²) in [6.45, 7) is 4.30. The Bertz CT molecular complexity index is 1100. The zero-order valence-electron chi connectivity index (χ0n) is 21.2. The van der Waals surface area contributed by atoms with Gasteiger partial charge in [-0.3, -0.25) is 0 Å². The predicted octanol–water partition coefficient (Wildman–Crippen LogP) is 3.07. The lowest BCUT2D eigenvalue weighted by Crippen LogP contribution is -2.23. The number of aromatic amines is 1. The maximum absolute atomic E-state index is 8.12. The third-order valence-electron chi connectivity index (χ3n) is 5.56. The third kappa shape index (κ3) is 8.62. The van der Waals surface area contributed by atoms with Crippen molar-refractivity contribution in [2.24, 2.45) is 0 Å². The fourth-order valence-electron chi connectivity index (χ4n) is 3.95. The van der Waals surface area contributed by atoms with E-state index in [0.717, 1.165) is 65.4 Å². The number of carbonyl (C=O) groups excluding carboxylic acids is 2. The molecular weight excluding hydrogens is 480 g/mol. The second-order valence-corrected chi connectivity index (χ2v) is 9.02. The Morgan fingerprint density at radius 2 is 1.97 bits per heavy atom. The largest absolute Gasteiger partial charge is 0.496 e. The minimum absolute atomic E-state index is 0.250. The van der Waals surface area contributed by atoms with Crippen molar-refractivity contribution in [2.75, 3.05) is 30.2 Å². The molecule has 0 fully saturated rings. The molecule has 3 rings (SSSR count). The molecule has 2 heterocycles. The van der Waals surface area contributed by atoms with Crippen LogP contribution in [0.4, 0.5) is 11.8 Å². The van der Waals surface area contributed by atoms with E-state index in [9.17, 15) is 0 Å². The number of nitrogens with zero attached hydrogens (tertiary/aromatic N) is 5. The molecule has 0 aliphatic carbocycles. The van der Waals surface area contributed by atoms with Gasteiger partial charge in [0.15, 0.2) is 5.82 Å². The van der Waals surface area contributed by atoms with E-state index in [1.807, 2.05) is 23.9 Å². The molecule has 11 nitrogen and oxygen atoms in total. The van der Waals surface area contributed by atoms with Gasteiger partial charge in [0.1, 0.15) is 11.6 Å². The minimum atomic E-state index is 0.250. The number of methoxy groups -OCH3 is 1. The van der Waals surface area contributed by atoms with Crippen LogP contribution in [0.3, 0.4) is 0 Å². The number of hydrogen-bond donors (Lipinski definition) is 3. The van der Waals surface area contributed by atoms with E-state index in [4.69, 9.17) is 20.1 Å². The van der Waals surface area contributed by atoms with Crippen LogP contribution in [0.15, 0.2) is 18.2 Å². The van der Waals surface area contributed by atoms with Gasteiger partial charge in [0.2, 0.25) is 5.95 Å². The number of thioether (sulfide) groups is 1. The van der Waals surface area contributed by atoms with E-state index in [-0.39, 0.29) is 6.15 Å². The molecule has 0 spiro atoms. The number of ether oxygens (including phenoxy) is 1. The van der Waals surface area contributed by atoms with E-state index < -0.39 is 0 Å². The number of benzene rings is 1. The molecule has 36 heavy (non-hydrogen) atoms. The van der Waals surface area contributed by atoms with Gasteiger partial charge in [-0.15, -0.1) is 10.2 Å². The van der Waals surface area contributed by atoms with Gasteiger partial charge in [0.05, 0.1) is 12.8 Å². The lowest BCUT2D eigenvalue weighted by atomic mass is 9.98. The van der Waals surface area contributed by atoms with Crippen molar-refractivity contribution >= 4 is 29.7 Å². The average Bonchev–Trinajstić information content (AvgIpc) is 3.37. The highest BCUT2D eigenvalue weighted by atomic mass is 32.2. The summed E-state index contributed by atoms with van der Waals surface area (Å²) in [5.74, 6) is 3.69. The number of nitrogens with two attached hydrogens (primary N) is 1. The molecular formula is C24H34N8O3S. The van der Waals surface area contributed by atoms with E-state index >= 15 is 0 Å². The fourth-order valence-corrected chi connectivity index (χ4v) is 4.47. The SMILES string of the molecule is CCC[C@@H](CCSC)Nc1nc(N)nc(CC)c1Cc1cc(Cc2nn[nH]n2)ccc1OC.O=C=O. The van der Waals surface area contributed by atoms with Gasteiger partial charge >= 0.3 is 6.15 Å². The number of H-pyrrole nitrogens is 1. The zero-order valence-corrected chi connectivity index (χ0v) is 22.0. The van der Waals surface area contributed by atoms with Crippen molar-refractivity contribution in [3.8, 4) is 5.75 Å². The van der Waals surface area contributed by atoms with Crippen molar-refractivity contribution in [2.45, 2.75) is 58.4 Å². The van der Waals surface area contributed by atoms with Crippen molar-refractivity contribution in [3.63, 3.8) is 0 Å². The summed E-state index contributed by atoms with van der Waals surface area (Å²) in [7, 11) is 1.69. The third-order valence-corrected chi connectivity index (χ3v) is 6.20. The molecule has 1 aromatic carbocycles. The minimum Gasteiger partial charge on any atom is -0.496 e. The van der Waals surface area contributed by atoms with Gasteiger partial charge in [0.25, 0.3) is 0 Å². The fraction of sp³-hybridized carbons (Fsp3) is 0.500. The number of anilines is 2. The number of nitrogen functional groups attached to an aromatic ring is 1. The van der Waals surface area contributed by atoms with Crippen LogP contribution in [0, 0.1) is 0 Å². The smallest absolute Gasteiger partial charge is 0.373 e. The molecule has 0 saturated heterocycles. The summed E-state index contributed by atoms with van der Waals surface area (Å²) >= 11 is 1.86. The molecule has 0 unspecified atom stereocenters. The van der Waals surface area contributed by atoms with Crippen molar-refractivity contribution < 1.29 is 14.3 Å². The molecule has 2 aromatic heterocycles. The van der Waals surface area contributed by atoms with Gasteiger partial charge < -0.3 is 15.8 Å². The summed E-state index contributed by atoms with van der Waals surface area (Å²) in [5, 5.41) is 18.0. The Hall–Kier alpha value is -3.50. The monoisotopic (exact) mass is 514 g/mol. The maximum atomic E-state index is 8.12. The molecule has 0 bridgehead atoms. The van der Waals surface area contributed by atoms with Gasteiger partial charge in [-0.05, 0) is 48.5 Å². The average molecular weight is 515 g/mol. The molecule has 0 amide bonds. The van der Waals surface area contributed by atoms with Crippen molar-refractivity contribution in [3.05, 3.63) is 46.4 Å². The summed E-state index contributed by atoms with van der Waals surface area (Å²) < 4.78 is 5.68. The number of aromatic nitrogens is 6. The number of nitrogens with one attached hydrogen (secondary N) is 2. The summed E-state index contributed by atoms with van der Waals surface area (Å²) in [6, 6.07) is 6.48. The van der Waals surface area contributed by atoms with Crippen LogP contribution < -0.4 is 15.8 Å². The van der Waals surface area contributed by atoms with E-state index in [1.54, 1.807) is 7.11 Å². The Balaban J connectivity index is 0.00000145. The van der Waals surface area contributed by atoms with Crippen LogP contribution in [-0.2, 0) is 28.9 Å². The maximum Gasteiger partial charge on any atom is 0.373 e. The summed E-state index contributed by atoms with van der Waals surface area (Å²) in [6.07, 6.45) is 7.64. The number of tetrazole rings is 1. The highest BCUT2D eigenvalue weighted by Crippen LogP contribution is 2.29. The van der Waals surface area contributed by atoms with Crippen LogP contribution in [0.1, 0.15) is 61.3 Å². The molecule has 1 atom stereocenters. The first-order valence-electron chi connectivity index (χ1n) is 11.8. The molecule has 3 aromatic rings. The number of aryl methyl sites for hydroxylation is 1. The molecule has 0 saturated carbocycles. The van der Waals surface area contributed by atoms with Crippen molar-refractivity contribution in [1.82, 2.24) is 30.6 Å². The Kier molecular flexibility index (Phi) is 12.4. The highest BCUT2D eigenvalue weighted by molar-refractivity contribution is 7.98. The standard InChI is InChI=1S/C23H34N8OS.CO2/c1-5-7-17(10-11-33-4)25-22-18(19(6-2)26-23(24)27-22)14-16-12-15(8-9-20(16)32-3)13-21-28-30-31-29-21;2-1-3/h8-9,12,17H,5-7,10-11,13-14H2,1-4H3,(H3,24,25,26,27)(H,28,29,30,31);/t17-;/m0./s1. The molecule has 12 heteroatoms. The van der Waals surface area contributed by atoms with Gasteiger partial charge in [-0.25, -0.2) is 4.98 Å². The van der Waals surface area contributed by atoms with Crippen LogP contribution >= 0.6 is 11.8 Å². The highest BCUT2D eigenvalue weighted by Gasteiger charge is 2.19. The quantitative estimate of drug-likeness (QED) is 0.307. The van der Waals surface area contributed by atoms with Gasteiger partial charge in [-0.1, -0.05) is 37.6 Å². The second kappa shape index (κ2) is 15.5. The van der Waals surface area contributed by atoms with E-state index in [1.165, 1.54) is 0 Å². The molecule has 0 aliphatic rings. The molecule has 194 valence electrons. The van der Waals surface area contributed by atoms with Crippen LogP contribution in [0.2, 0.25) is 0 Å². The summed E-state index contributed by atoms with van der Waals surface area (Å²) in [5.41, 5.74) is 10.2. The topological polar surface area (TPSA) is 162 Å². The van der Waals surface area contributed by atoms with Crippen LogP contribution in [0.5, 0.6) is 5.75 Å².